The van der Waals surface area contributed by atoms with Crippen LogP contribution in [0.1, 0.15) is 57.8 Å². The average Bonchev–Trinajstić information content (AvgIpc) is 3.28. The van der Waals surface area contributed by atoms with E-state index in [1.165, 1.54) is 0 Å². The summed E-state index contributed by atoms with van der Waals surface area (Å²) in [5, 5.41) is 7.20. The number of nitrogens with one attached hydrogen (secondary N) is 1. The van der Waals surface area contributed by atoms with Crippen LogP contribution in [0.15, 0.2) is 12.1 Å². The molecule has 0 bridgehead atoms. The Morgan fingerprint density at radius 1 is 1.41 bits per heavy atom. The Hall–Kier alpha value is -2.35. The smallest absolute Gasteiger partial charge is 0.228 e. The second kappa shape index (κ2) is 6.61. The summed E-state index contributed by atoms with van der Waals surface area (Å²) in [6.45, 7) is 8.14. The van der Waals surface area contributed by atoms with Crippen LogP contribution >= 0.6 is 0 Å². The normalized spacial score (nSPS) is 13.5. The monoisotopic (exact) mass is 298 g/mol. The molecule has 0 saturated heterocycles. The van der Waals surface area contributed by atoms with Gasteiger partial charge in [0.2, 0.25) is 5.91 Å². The molecular formula is C17H22N4O. The zero-order valence-corrected chi connectivity index (χ0v) is 13.6. The second-order valence-electron chi connectivity index (χ2n) is 5.43. The number of carbonyl (C=O) groups excluding carboxylic acids is 1. The Morgan fingerprint density at radius 2 is 2.09 bits per heavy atom. The summed E-state index contributed by atoms with van der Waals surface area (Å²) in [5.41, 5.74) is 2.18. The van der Waals surface area contributed by atoms with Gasteiger partial charge in [-0.25, -0.2) is 9.50 Å². The zero-order chi connectivity index (χ0) is 16.3. The van der Waals surface area contributed by atoms with E-state index in [9.17, 15) is 4.79 Å². The van der Waals surface area contributed by atoms with Crippen LogP contribution in [-0.4, -0.2) is 20.5 Å². The lowest BCUT2D eigenvalue weighted by Gasteiger charge is -2.11. The predicted molar refractivity (Wildman–Crippen MR) is 87.7 cm³/mol. The SMILES string of the molecule is C#Cc1cc2nc(NC(=O)C3CC3)cc(C(C)C)n2n1.CC. The Kier molecular flexibility index (Phi) is 4.81. The van der Waals surface area contributed by atoms with Gasteiger partial charge in [-0.3, -0.25) is 4.79 Å². The fourth-order valence-electron chi connectivity index (χ4n) is 2.12. The van der Waals surface area contributed by atoms with Gasteiger partial charge in [0.05, 0.1) is 5.69 Å². The molecule has 1 fully saturated rings. The van der Waals surface area contributed by atoms with Gasteiger partial charge in [-0.1, -0.05) is 27.7 Å². The third-order valence-electron chi connectivity index (χ3n) is 3.39. The number of nitrogens with zero attached hydrogens (tertiary/aromatic N) is 3. The van der Waals surface area contributed by atoms with Gasteiger partial charge >= 0.3 is 0 Å². The molecule has 0 unspecified atom stereocenters. The maximum Gasteiger partial charge on any atom is 0.228 e. The van der Waals surface area contributed by atoms with Gasteiger partial charge in [-0.05, 0) is 24.7 Å². The molecule has 2 aromatic heterocycles. The molecule has 1 N–H and O–H groups in total. The average molecular weight is 298 g/mol. The molecule has 0 spiro atoms. The van der Waals surface area contributed by atoms with Gasteiger partial charge in [0, 0.05) is 18.1 Å². The summed E-state index contributed by atoms with van der Waals surface area (Å²) in [5.74, 6) is 3.54. The first-order chi connectivity index (χ1) is 10.6. The molecule has 2 aromatic rings. The number of rotatable bonds is 3. The van der Waals surface area contributed by atoms with Crippen LogP contribution in [0.25, 0.3) is 5.65 Å². The van der Waals surface area contributed by atoms with Crippen molar-refractivity contribution in [3.8, 4) is 12.3 Å². The van der Waals surface area contributed by atoms with Crippen molar-refractivity contribution in [1.82, 2.24) is 14.6 Å². The number of hydrogen-bond donors (Lipinski definition) is 1. The van der Waals surface area contributed by atoms with Crippen LogP contribution in [-0.2, 0) is 4.79 Å². The lowest BCUT2D eigenvalue weighted by atomic mass is 10.1. The van der Waals surface area contributed by atoms with E-state index in [4.69, 9.17) is 6.42 Å². The highest BCUT2D eigenvalue weighted by molar-refractivity contribution is 5.93. The summed E-state index contributed by atoms with van der Waals surface area (Å²) in [6.07, 6.45) is 7.33. The van der Waals surface area contributed by atoms with Crippen molar-refractivity contribution >= 4 is 17.4 Å². The molecular weight excluding hydrogens is 276 g/mol. The minimum Gasteiger partial charge on any atom is -0.310 e. The highest BCUT2D eigenvalue weighted by Gasteiger charge is 2.30. The number of hydrogen-bond acceptors (Lipinski definition) is 3. The van der Waals surface area contributed by atoms with Gasteiger partial charge in [-0.15, -0.1) is 6.42 Å². The van der Waals surface area contributed by atoms with Crippen molar-refractivity contribution in [3.05, 3.63) is 23.5 Å². The van der Waals surface area contributed by atoms with E-state index < -0.39 is 0 Å². The molecule has 1 aliphatic rings. The molecule has 1 saturated carbocycles. The summed E-state index contributed by atoms with van der Waals surface area (Å²) < 4.78 is 1.74. The fourth-order valence-corrected chi connectivity index (χ4v) is 2.12. The van der Waals surface area contributed by atoms with Crippen LogP contribution in [0.5, 0.6) is 0 Å². The number of carbonyl (C=O) groups is 1. The lowest BCUT2D eigenvalue weighted by molar-refractivity contribution is -0.117. The molecule has 5 heteroatoms. The summed E-state index contributed by atoms with van der Waals surface area (Å²) >= 11 is 0. The molecule has 22 heavy (non-hydrogen) atoms. The number of terminal acetylenes is 1. The van der Waals surface area contributed by atoms with Gasteiger partial charge in [0.25, 0.3) is 0 Å². The number of amides is 1. The van der Waals surface area contributed by atoms with Crippen LogP contribution < -0.4 is 5.32 Å². The topological polar surface area (TPSA) is 59.3 Å². The van der Waals surface area contributed by atoms with Crippen molar-refractivity contribution in [2.24, 2.45) is 5.92 Å². The summed E-state index contributed by atoms with van der Waals surface area (Å²) in [7, 11) is 0. The number of anilines is 1. The van der Waals surface area contributed by atoms with Crippen LogP contribution in [0.4, 0.5) is 5.82 Å². The Bertz CT molecular complexity index is 720. The van der Waals surface area contributed by atoms with E-state index in [-0.39, 0.29) is 17.7 Å². The van der Waals surface area contributed by atoms with Crippen LogP contribution in [0, 0.1) is 18.3 Å². The highest BCUT2D eigenvalue weighted by Crippen LogP contribution is 2.30. The maximum absolute atomic E-state index is 11.8. The molecule has 0 radical (unpaired) electrons. The molecule has 1 aliphatic carbocycles. The highest BCUT2D eigenvalue weighted by atomic mass is 16.2. The Balaban J connectivity index is 0.000000847. The predicted octanol–water partition coefficient (Wildman–Crippen LogP) is 3.21. The van der Waals surface area contributed by atoms with E-state index in [2.05, 4.69) is 35.2 Å². The van der Waals surface area contributed by atoms with E-state index in [1.54, 1.807) is 10.6 Å². The fraction of sp³-hybridized carbons (Fsp3) is 0.471. The van der Waals surface area contributed by atoms with Crippen molar-refractivity contribution in [2.75, 3.05) is 5.32 Å². The van der Waals surface area contributed by atoms with E-state index in [0.29, 0.717) is 17.2 Å². The quantitative estimate of drug-likeness (QED) is 0.885. The molecule has 0 atom stereocenters. The molecule has 1 amide bonds. The first-order valence-corrected chi connectivity index (χ1v) is 7.76. The third-order valence-corrected chi connectivity index (χ3v) is 3.39. The van der Waals surface area contributed by atoms with Gasteiger partial charge in [0.15, 0.2) is 5.65 Å². The van der Waals surface area contributed by atoms with E-state index >= 15 is 0 Å². The van der Waals surface area contributed by atoms with Crippen molar-refractivity contribution in [3.63, 3.8) is 0 Å². The molecule has 116 valence electrons. The van der Waals surface area contributed by atoms with Gasteiger partial charge in [-0.2, -0.15) is 5.10 Å². The molecule has 3 rings (SSSR count). The Morgan fingerprint density at radius 3 is 2.64 bits per heavy atom. The molecule has 0 aromatic carbocycles. The lowest BCUT2D eigenvalue weighted by Crippen LogP contribution is -2.15. The third kappa shape index (κ3) is 3.28. The first kappa shape index (κ1) is 16.0. The number of fused-ring (bicyclic) bond motifs is 1. The largest absolute Gasteiger partial charge is 0.310 e. The minimum absolute atomic E-state index is 0.0493. The van der Waals surface area contributed by atoms with Crippen LogP contribution in [0.3, 0.4) is 0 Å². The minimum atomic E-state index is 0.0493. The molecule has 5 nitrogen and oxygen atoms in total. The van der Waals surface area contributed by atoms with Crippen molar-refractivity contribution < 1.29 is 4.79 Å². The zero-order valence-electron chi connectivity index (χ0n) is 13.6. The maximum atomic E-state index is 11.8. The summed E-state index contributed by atoms with van der Waals surface area (Å²) in [4.78, 5) is 16.3. The second-order valence-corrected chi connectivity index (χ2v) is 5.43. The Labute approximate surface area is 131 Å². The van der Waals surface area contributed by atoms with Gasteiger partial charge < -0.3 is 5.32 Å². The number of aromatic nitrogens is 3. The van der Waals surface area contributed by atoms with Crippen molar-refractivity contribution in [1.29, 1.82) is 0 Å². The standard InChI is InChI=1S/C15H16N4O.C2H6/c1-4-11-7-14-16-13(17-15(20)10-5-6-10)8-12(9(2)3)19(14)18-11;1-2/h1,7-10H,5-6H2,2-3H3,(H,16,17,20);1-2H3. The summed E-state index contributed by atoms with van der Waals surface area (Å²) in [6, 6.07) is 3.61. The van der Waals surface area contributed by atoms with Crippen LogP contribution in [0.2, 0.25) is 0 Å². The van der Waals surface area contributed by atoms with E-state index in [0.717, 1.165) is 18.5 Å². The van der Waals surface area contributed by atoms with E-state index in [1.807, 2.05) is 19.9 Å². The molecule has 2 heterocycles. The first-order valence-electron chi connectivity index (χ1n) is 7.76. The van der Waals surface area contributed by atoms with Gasteiger partial charge in [0.1, 0.15) is 11.5 Å². The van der Waals surface area contributed by atoms with Crippen molar-refractivity contribution in [2.45, 2.75) is 46.5 Å². The molecule has 0 aliphatic heterocycles.